The third kappa shape index (κ3) is 8.66. The van der Waals surface area contributed by atoms with Gasteiger partial charge in [0.2, 0.25) is 0 Å². The molecule has 4 rings (SSSR count). The minimum atomic E-state index is -0.841. The molecule has 1 aliphatic heterocycles. The summed E-state index contributed by atoms with van der Waals surface area (Å²) in [7, 11) is 2.07. The number of amides is 1. The predicted molar refractivity (Wildman–Crippen MR) is 163 cm³/mol. The number of rotatable bonds is 10. The van der Waals surface area contributed by atoms with Crippen molar-refractivity contribution in [2.75, 3.05) is 33.4 Å². The van der Waals surface area contributed by atoms with Gasteiger partial charge in [-0.2, -0.15) is 5.10 Å². The van der Waals surface area contributed by atoms with E-state index >= 15 is 0 Å². The van der Waals surface area contributed by atoms with Crippen molar-refractivity contribution in [3.63, 3.8) is 0 Å². The van der Waals surface area contributed by atoms with Crippen molar-refractivity contribution < 1.29 is 28.9 Å². The van der Waals surface area contributed by atoms with E-state index in [-0.39, 0.29) is 43.0 Å². The van der Waals surface area contributed by atoms with Crippen LogP contribution in [0, 0.1) is 11.3 Å². The molecule has 0 saturated carbocycles. The second-order valence-electron chi connectivity index (χ2n) is 12.7. The van der Waals surface area contributed by atoms with Crippen molar-refractivity contribution in [1.82, 2.24) is 24.8 Å². The number of carbonyl (C=O) groups excluding carboxylic acids is 2. The van der Waals surface area contributed by atoms with Crippen LogP contribution in [0.15, 0.2) is 36.5 Å². The summed E-state index contributed by atoms with van der Waals surface area (Å²) >= 11 is 5.57. The van der Waals surface area contributed by atoms with Crippen molar-refractivity contribution in [3.8, 4) is 11.3 Å². The van der Waals surface area contributed by atoms with Crippen molar-refractivity contribution >= 4 is 28.6 Å². The number of carbonyl (C=O) groups is 2. The van der Waals surface area contributed by atoms with Crippen LogP contribution in [0.5, 0.6) is 0 Å². The quantitative estimate of drug-likeness (QED) is 0.309. The number of hydrogen-bond acceptors (Lipinski definition) is 9. The summed E-state index contributed by atoms with van der Waals surface area (Å²) in [6, 6.07) is 9.68. The number of halogens is 1. The molecule has 11 nitrogen and oxygen atoms in total. The van der Waals surface area contributed by atoms with Crippen molar-refractivity contribution in [1.29, 1.82) is 0 Å². The Hall–Kier alpha value is -3.25. The molecule has 1 aliphatic rings. The van der Waals surface area contributed by atoms with Gasteiger partial charge in [-0.3, -0.25) is 0 Å². The highest BCUT2D eigenvalue weighted by Crippen LogP contribution is 2.38. The van der Waals surface area contributed by atoms with E-state index in [1.165, 1.54) is 0 Å². The Labute approximate surface area is 257 Å². The summed E-state index contributed by atoms with van der Waals surface area (Å²) in [6.45, 7) is 12.1. The molecule has 0 spiro atoms. The highest BCUT2D eigenvalue weighted by Gasteiger charge is 2.41. The fourth-order valence-electron chi connectivity index (χ4n) is 5.28. The summed E-state index contributed by atoms with van der Waals surface area (Å²) in [6.07, 6.45) is 1.92. The van der Waals surface area contributed by atoms with Gasteiger partial charge in [-0.15, -0.1) is 0 Å². The van der Waals surface area contributed by atoms with Crippen LogP contribution in [0.25, 0.3) is 16.8 Å². The van der Waals surface area contributed by atoms with Gasteiger partial charge in [0, 0.05) is 48.9 Å². The lowest BCUT2D eigenvalue weighted by atomic mass is 9.71. The number of benzene rings is 1. The molecule has 0 aliphatic carbocycles. The van der Waals surface area contributed by atoms with Crippen LogP contribution >= 0.6 is 11.6 Å². The number of aliphatic hydroxyl groups is 1. The van der Waals surface area contributed by atoms with Gasteiger partial charge in [0.05, 0.1) is 30.5 Å². The number of fused-ring (bicyclic) bond motifs is 1. The van der Waals surface area contributed by atoms with Crippen molar-refractivity contribution in [2.45, 2.75) is 65.9 Å². The van der Waals surface area contributed by atoms with Crippen LogP contribution in [0.3, 0.4) is 0 Å². The van der Waals surface area contributed by atoms with E-state index in [4.69, 9.17) is 25.8 Å². The Morgan fingerprint density at radius 3 is 2.65 bits per heavy atom. The van der Waals surface area contributed by atoms with E-state index in [2.05, 4.69) is 41.2 Å². The molecule has 1 fully saturated rings. The minimum absolute atomic E-state index is 0.0596. The van der Waals surface area contributed by atoms with E-state index in [1.807, 2.05) is 57.3 Å². The maximum absolute atomic E-state index is 12.2. The Balaban J connectivity index is 1.63. The van der Waals surface area contributed by atoms with Crippen LogP contribution < -0.4 is 5.32 Å². The summed E-state index contributed by atoms with van der Waals surface area (Å²) in [5, 5.41) is 17.2. The van der Waals surface area contributed by atoms with Gasteiger partial charge in [0.1, 0.15) is 12.2 Å². The average molecular weight is 616 g/mol. The van der Waals surface area contributed by atoms with Gasteiger partial charge in [0.25, 0.3) is 0 Å². The molecular formula is C31H42ClN5O6. The molecule has 2 atom stereocenters. The first-order valence-corrected chi connectivity index (χ1v) is 14.8. The number of alkyl carbamates (subject to hydrolysis) is 1. The van der Waals surface area contributed by atoms with E-state index in [1.54, 1.807) is 4.52 Å². The molecule has 3 aromatic rings. The van der Waals surface area contributed by atoms with Crippen LogP contribution in [0.2, 0.25) is 0 Å². The first-order chi connectivity index (χ1) is 20.2. The third-order valence-corrected chi connectivity index (χ3v) is 7.88. The number of nitrogens with one attached hydrogen (secondary N) is 1. The third-order valence-electron chi connectivity index (χ3n) is 7.77. The number of aromatic nitrogens is 3. The zero-order valence-corrected chi connectivity index (χ0v) is 26.5. The zero-order valence-electron chi connectivity index (χ0n) is 25.7. The molecule has 0 bridgehead atoms. The summed E-state index contributed by atoms with van der Waals surface area (Å²) in [4.78, 5) is 30.6. The lowest BCUT2D eigenvalue weighted by Crippen LogP contribution is -2.51. The zero-order chi connectivity index (χ0) is 31.4. The van der Waals surface area contributed by atoms with E-state index in [0.29, 0.717) is 18.7 Å². The van der Waals surface area contributed by atoms with Gasteiger partial charge in [-0.1, -0.05) is 32.0 Å². The number of morpholine rings is 1. The largest absolute Gasteiger partial charge is 0.453 e. The predicted octanol–water partition coefficient (Wildman–Crippen LogP) is 4.80. The Morgan fingerprint density at radius 2 is 1.98 bits per heavy atom. The van der Waals surface area contributed by atoms with Gasteiger partial charge in [0.15, 0.2) is 5.82 Å². The van der Waals surface area contributed by atoms with E-state index in [9.17, 15) is 14.7 Å². The summed E-state index contributed by atoms with van der Waals surface area (Å²) < 4.78 is 18.6. The second-order valence-corrected chi connectivity index (χ2v) is 13.0. The fraction of sp³-hybridized carbons (Fsp3) is 0.548. The van der Waals surface area contributed by atoms with Crippen LogP contribution in [-0.2, 0) is 33.8 Å². The average Bonchev–Trinajstić information content (AvgIpc) is 3.35. The molecule has 2 aromatic heterocycles. The summed E-state index contributed by atoms with van der Waals surface area (Å²) in [5.41, 5.74) is 2.24. The highest BCUT2D eigenvalue weighted by molar-refractivity contribution is 6.61. The molecule has 2 N–H and O–H groups in total. The second kappa shape index (κ2) is 13.6. The smallest absolute Gasteiger partial charge is 0.407 e. The minimum Gasteiger partial charge on any atom is -0.453 e. The van der Waals surface area contributed by atoms with Gasteiger partial charge < -0.3 is 29.5 Å². The maximum Gasteiger partial charge on any atom is 0.407 e. The van der Waals surface area contributed by atoms with Gasteiger partial charge >= 0.3 is 11.5 Å². The standard InChI is InChI=1S/C31H42ClN5O6/c1-30(2,3)43-29(40)33-15-20-8-7-9-22(12-20)27-24-14-21(16-37(24)35-26(18-38)34-27)13-23(19-42-28(32)39)31(4,5)25-17-36(6)10-11-41-25/h7-9,12,14,16,23,25,38H,10-11,13,15,17-19H2,1-6H3,(H,33,40). The molecule has 1 saturated heterocycles. The maximum atomic E-state index is 12.2. The number of likely N-dealkylation sites (N-methyl/N-ethyl adjacent to an activating group) is 1. The van der Waals surface area contributed by atoms with Crippen LogP contribution in [0.1, 0.15) is 51.6 Å². The normalized spacial score (nSPS) is 17.1. The van der Waals surface area contributed by atoms with Crippen LogP contribution in [-0.4, -0.2) is 81.2 Å². The van der Waals surface area contributed by atoms with Gasteiger partial charge in [-0.25, -0.2) is 19.1 Å². The molecule has 1 amide bonds. The number of nitrogens with zero attached hydrogens (tertiary/aromatic N) is 4. The molecule has 2 unspecified atom stereocenters. The topological polar surface area (TPSA) is 128 Å². The molecule has 234 valence electrons. The van der Waals surface area contributed by atoms with Crippen molar-refractivity contribution in [2.24, 2.45) is 11.3 Å². The molecule has 43 heavy (non-hydrogen) atoms. The number of hydrogen-bond donors (Lipinski definition) is 2. The molecular weight excluding hydrogens is 574 g/mol. The fourth-order valence-corrected chi connectivity index (χ4v) is 5.35. The van der Waals surface area contributed by atoms with Gasteiger partial charge in [-0.05, 0) is 62.9 Å². The first-order valence-electron chi connectivity index (χ1n) is 14.4. The Morgan fingerprint density at radius 1 is 1.21 bits per heavy atom. The van der Waals surface area contributed by atoms with E-state index in [0.717, 1.165) is 35.3 Å². The highest BCUT2D eigenvalue weighted by atomic mass is 35.5. The molecule has 0 radical (unpaired) electrons. The monoisotopic (exact) mass is 615 g/mol. The lowest BCUT2D eigenvalue weighted by molar-refractivity contribution is -0.105. The van der Waals surface area contributed by atoms with E-state index < -0.39 is 17.1 Å². The van der Waals surface area contributed by atoms with Crippen molar-refractivity contribution in [3.05, 3.63) is 53.5 Å². The Kier molecular flexibility index (Phi) is 10.3. The molecule has 1 aromatic carbocycles. The molecule has 3 heterocycles. The lowest BCUT2D eigenvalue weighted by Gasteiger charge is -2.44. The number of aliphatic hydroxyl groups excluding tert-OH is 1. The number of ether oxygens (including phenoxy) is 3. The molecule has 12 heteroatoms. The SMILES string of the molecule is CN1CCOC(C(C)(C)C(COC(=O)Cl)Cc2cc3c(-c4cccc(CNC(=O)OC(C)(C)C)c4)nc(CO)nn3c2)C1. The Bertz CT molecular complexity index is 1440. The van der Waals surface area contributed by atoms with Crippen LogP contribution in [0.4, 0.5) is 9.59 Å². The first kappa shape index (κ1) is 32.7. The summed E-state index contributed by atoms with van der Waals surface area (Å²) in [5.74, 6) is 0.161.